The van der Waals surface area contributed by atoms with Crippen LogP contribution in [-0.2, 0) is 16.2 Å². The number of hydrogen-bond donors (Lipinski definition) is 2. The summed E-state index contributed by atoms with van der Waals surface area (Å²) in [5.41, 5.74) is -1.49. The fourth-order valence-electron chi connectivity index (χ4n) is 2.96. The van der Waals surface area contributed by atoms with Gasteiger partial charge in [0, 0.05) is 11.4 Å². The highest BCUT2D eigenvalue weighted by Crippen LogP contribution is 2.33. The number of ether oxygens (including phenoxy) is 2. The van der Waals surface area contributed by atoms with Gasteiger partial charge in [-0.05, 0) is 54.6 Å². The molecule has 1 amide bonds. The van der Waals surface area contributed by atoms with E-state index in [4.69, 9.17) is 9.47 Å². The van der Waals surface area contributed by atoms with Crippen molar-refractivity contribution in [2.75, 3.05) is 24.3 Å². The fraction of sp³-hybridized carbons (Fsp3) is 0.136. The molecule has 3 aromatic rings. The number of carbonyl (C=O) groups is 1. The van der Waals surface area contributed by atoms with Crippen LogP contribution in [0.3, 0.4) is 0 Å². The van der Waals surface area contributed by atoms with E-state index in [9.17, 15) is 26.4 Å². The van der Waals surface area contributed by atoms with Crippen LogP contribution in [0.2, 0.25) is 0 Å². The molecule has 0 radical (unpaired) electrons. The number of benzene rings is 3. The van der Waals surface area contributed by atoms with E-state index in [1.54, 1.807) is 12.1 Å². The van der Waals surface area contributed by atoms with Crippen LogP contribution in [0, 0.1) is 0 Å². The van der Waals surface area contributed by atoms with Crippen LogP contribution in [0.25, 0.3) is 0 Å². The fourth-order valence-corrected chi connectivity index (χ4v) is 4.22. The van der Waals surface area contributed by atoms with Crippen molar-refractivity contribution in [3.05, 3.63) is 77.9 Å². The number of halogens is 3. The molecular formula is C22H19F3N2O5S. The lowest BCUT2D eigenvalue weighted by Gasteiger charge is -2.15. The Hall–Kier alpha value is -3.73. The zero-order chi connectivity index (χ0) is 24.2. The van der Waals surface area contributed by atoms with Crippen molar-refractivity contribution in [2.45, 2.75) is 11.1 Å². The standard InChI is InChI=1S/C22H19F3N2O5S/c1-31-16-10-7-14(8-11-16)27-33(29,30)20-13-15(9-12-19(20)32-2)26-21(28)17-5-3-4-6-18(17)22(23,24)25/h3-13,27H,1-2H3,(H,26,28). The third-order valence-electron chi connectivity index (χ3n) is 4.53. The maximum atomic E-state index is 13.2. The molecule has 3 rings (SSSR count). The molecule has 7 nitrogen and oxygen atoms in total. The average Bonchev–Trinajstić information content (AvgIpc) is 2.78. The van der Waals surface area contributed by atoms with E-state index in [0.717, 1.165) is 18.2 Å². The Morgan fingerprint density at radius 3 is 2.12 bits per heavy atom. The molecule has 0 saturated heterocycles. The second-order valence-electron chi connectivity index (χ2n) is 6.70. The summed E-state index contributed by atoms with van der Waals surface area (Å²) in [6.07, 6.45) is -4.73. The molecule has 0 saturated carbocycles. The number of anilines is 2. The lowest BCUT2D eigenvalue weighted by molar-refractivity contribution is -0.137. The number of amides is 1. The quantitative estimate of drug-likeness (QED) is 0.508. The van der Waals surface area contributed by atoms with Gasteiger partial charge in [-0.15, -0.1) is 0 Å². The normalized spacial score (nSPS) is 11.5. The summed E-state index contributed by atoms with van der Waals surface area (Å²) in [4.78, 5) is 12.2. The van der Waals surface area contributed by atoms with Crippen molar-refractivity contribution >= 4 is 27.3 Å². The molecule has 0 aliphatic heterocycles. The predicted molar refractivity (Wildman–Crippen MR) is 116 cm³/mol. The topological polar surface area (TPSA) is 93.7 Å². The van der Waals surface area contributed by atoms with Crippen molar-refractivity contribution in [2.24, 2.45) is 0 Å². The molecule has 174 valence electrons. The van der Waals surface area contributed by atoms with E-state index < -0.39 is 33.2 Å². The van der Waals surface area contributed by atoms with Crippen molar-refractivity contribution in [3.63, 3.8) is 0 Å². The van der Waals surface area contributed by atoms with Gasteiger partial charge < -0.3 is 14.8 Å². The molecule has 0 aliphatic rings. The second-order valence-corrected chi connectivity index (χ2v) is 8.35. The van der Waals surface area contributed by atoms with Gasteiger partial charge in [0.1, 0.15) is 16.4 Å². The summed E-state index contributed by atoms with van der Waals surface area (Å²) < 4.78 is 78.1. The van der Waals surface area contributed by atoms with Gasteiger partial charge in [-0.3, -0.25) is 9.52 Å². The molecule has 0 fully saturated rings. The van der Waals surface area contributed by atoms with E-state index in [-0.39, 0.29) is 22.0 Å². The first kappa shape index (κ1) is 23.9. The Bertz CT molecular complexity index is 1260. The number of carbonyl (C=O) groups excluding carboxylic acids is 1. The van der Waals surface area contributed by atoms with Crippen LogP contribution in [0.1, 0.15) is 15.9 Å². The summed E-state index contributed by atoms with van der Waals surface area (Å²) >= 11 is 0. The van der Waals surface area contributed by atoms with Crippen LogP contribution in [-0.4, -0.2) is 28.5 Å². The predicted octanol–water partition coefficient (Wildman–Crippen LogP) is 4.78. The second kappa shape index (κ2) is 9.41. The Kier molecular flexibility index (Phi) is 6.82. The molecule has 0 spiro atoms. The summed E-state index contributed by atoms with van der Waals surface area (Å²) in [7, 11) is -1.44. The Morgan fingerprint density at radius 2 is 1.52 bits per heavy atom. The molecule has 0 bridgehead atoms. The zero-order valence-corrected chi connectivity index (χ0v) is 18.3. The van der Waals surface area contributed by atoms with E-state index in [2.05, 4.69) is 10.0 Å². The number of methoxy groups -OCH3 is 2. The van der Waals surface area contributed by atoms with Gasteiger partial charge in [-0.2, -0.15) is 13.2 Å². The van der Waals surface area contributed by atoms with Crippen LogP contribution in [0.15, 0.2) is 71.6 Å². The number of sulfonamides is 1. The molecule has 3 aromatic carbocycles. The van der Waals surface area contributed by atoms with E-state index in [0.29, 0.717) is 5.75 Å². The van der Waals surface area contributed by atoms with Crippen molar-refractivity contribution in [3.8, 4) is 11.5 Å². The SMILES string of the molecule is COc1ccc(NS(=O)(=O)c2cc(NC(=O)c3ccccc3C(F)(F)F)ccc2OC)cc1. The Morgan fingerprint density at radius 1 is 0.879 bits per heavy atom. The monoisotopic (exact) mass is 480 g/mol. The molecule has 2 N–H and O–H groups in total. The first-order chi connectivity index (χ1) is 15.5. The van der Waals surface area contributed by atoms with Gasteiger partial charge in [0.15, 0.2) is 0 Å². The highest BCUT2D eigenvalue weighted by Gasteiger charge is 2.35. The largest absolute Gasteiger partial charge is 0.497 e. The van der Waals surface area contributed by atoms with Crippen molar-refractivity contribution < 1.29 is 35.9 Å². The van der Waals surface area contributed by atoms with E-state index in [1.807, 2.05) is 0 Å². The van der Waals surface area contributed by atoms with E-state index in [1.165, 1.54) is 50.6 Å². The van der Waals surface area contributed by atoms with Gasteiger partial charge in [0.05, 0.1) is 25.3 Å². The first-order valence-corrected chi connectivity index (χ1v) is 10.9. The van der Waals surface area contributed by atoms with Gasteiger partial charge in [0.2, 0.25) is 0 Å². The Labute approximate surface area is 188 Å². The number of nitrogens with one attached hydrogen (secondary N) is 2. The van der Waals surface area contributed by atoms with Gasteiger partial charge in [-0.25, -0.2) is 8.42 Å². The Balaban J connectivity index is 1.92. The highest BCUT2D eigenvalue weighted by atomic mass is 32.2. The molecule has 33 heavy (non-hydrogen) atoms. The number of hydrogen-bond acceptors (Lipinski definition) is 5. The zero-order valence-electron chi connectivity index (χ0n) is 17.4. The number of alkyl halides is 3. The molecule has 11 heteroatoms. The lowest BCUT2D eigenvalue weighted by atomic mass is 10.1. The summed E-state index contributed by atoms with van der Waals surface area (Å²) in [5.74, 6) is -0.538. The highest BCUT2D eigenvalue weighted by molar-refractivity contribution is 7.92. The summed E-state index contributed by atoms with van der Waals surface area (Å²) in [6.45, 7) is 0. The van der Waals surface area contributed by atoms with Crippen LogP contribution < -0.4 is 19.5 Å². The van der Waals surface area contributed by atoms with Gasteiger partial charge in [0.25, 0.3) is 15.9 Å². The number of rotatable bonds is 7. The molecular weight excluding hydrogens is 461 g/mol. The van der Waals surface area contributed by atoms with Gasteiger partial charge in [-0.1, -0.05) is 12.1 Å². The third kappa shape index (κ3) is 5.55. The minimum Gasteiger partial charge on any atom is -0.497 e. The minimum absolute atomic E-state index is 0.0234. The molecule has 0 aliphatic carbocycles. The van der Waals surface area contributed by atoms with Crippen LogP contribution >= 0.6 is 0 Å². The maximum Gasteiger partial charge on any atom is 0.417 e. The third-order valence-corrected chi connectivity index (χ3v) is 5.93. The molecule has 0 atom stereocenters. The summed E-state index contributed by atoms with van der Waals surface area (Å²) in [6, 6.07) is 14.1. The lowest BCUT2D eigenvalue weighted by Crippen LogP contribution is -2.19. The van der Waals surface area contributed by atoms with Crippen LogP contribution in [0.4, 0.5) is 24.5 Å². The molecule has 0 heterocycles. The maximum absolute atomic E-state index is 13.2. The molecule has 0 unspecified atom stereocenters. The minimum atomic E-state index is -4.73. The smallest absolute Gasteiger partial charge is 0.417 e. The first-order valence-electron chi connectivity index (χ1n) is 9.37. The van der Waals surface area contributed by atoms with E-state index >= 15 is 0 Å². The van der Waals surface area contributed by atoms with Gasteiger partial charge >= 0.3 is 6.18 Å². The summed E-state index contributed by atoms with van der Waals surface area (Å²) in [5, 5.41) is 2.31. The molecule has 0 aromatic heterocycles. The van der Waals surface area contributed by atoms with Crippen molar-refractivity contribution in [1.29, 1.82) is 0 Å². The van der Waals surface area contributed by atoms with Crippen molar-refractivity contribution in [1.82, 2.24) is 0 Å². The van der Waals surface area contributed by atoms with Crippen LogP contribution in [0.5, 0.6) is 11.5 Å². The average molecular weight is 480 g/mol.